The number of hydrogen-bond acceptors (Lipinski definition) is 2. The first-order valence-electron chi connectivity index (χ1n) is 7.55. The van der Waals surface area contributed by atoms with Crippen molar-refractivity contribution in [2.45, 2.75) is 6.42 Å². The minimum Gasteiger partial charge on any atom is -0.315 e. The molecule has 0 N–H and O–H groups in total. The fourth-order valence-electron chi connectivity index (χ4n) is 2.86. The third kappa shape index (κ3) is 3.25. The normalized spacial score (nSPS) is 17.2. The number of carbonyl (C=O) groups excluding carboxylic acids is 2. The van der Waals surface area contributed by atoms with Crippen LogP contribution >= 0.6 is 23.2 Å². The largest absolute Gasteiger partial charge is 0.315 e. The highest BCUT2D eigenvalue weighted by atomic mass is 35.5. The van der Waals surface area contributed by atoms with Crippen LogP contribution in [0.4, 0.5) is 11.4 Å². The third-order valence-electron chi connectivity index (χ3n) is 4.15. The number of benzene rings is 2. The Morgan fingerprint density at radius 3 is 2.54 bits per heavy atom. The van der Waals surface area contributed by atoms with Gasteiger partial charge in [-0.3, -0.25) is 9.59 Å². The first kappa shape index (κ1) is 16.8. The predicted octanol–water partition coefficient (Wildman–Crippen LogP) is 4.01. The zero-order chi connectivity index (χ0) is 17.3. The summed E-state index contributed by atoms with van der Waals surface area (Å²) in [6.45, 7) is 0.316. The van der Waals surface area contributed by atoms with Crippen molar-refractivity contribution >= 4 is 46.4 Å². The highest BCUT2D eigenvalue weighted by Gasteiger charge is 2.37. The Morgan fingerprint density at radius 1 is 1.17 bits per heavy atom. The molecular formula is C18H16Cl2N2O2. The molecule has 0 bridgehead atoms. The monoisotopic (exact) mass is 362 g/mol. The summed E-state index contributed by atoms with van der Waals surface area (Å²) in [6, 6.07) is 14.3. The van der Waals surface area contributed by atoms with Crippen LogP contribution in [0.15, 0.2) is 48.5 Å². The molecule has 3 rings (SSSR count). The smallest absolute Gasteiger partial charge is 0.232 e. The van der Waals surface area contributed by atoms with Gasteiger partial charge in [0.1, 0.15) is 0 Å². The van der Waals surface area contributed by atoms with Gasteiger partial charge in [0.15, 0.2) is 0 Å². The van der Waals surface area contributed by atoms with Crippen LogP contribution in [0.5, 0.6) is 0 Å². The van der Waals surface area contributed by atoms with E-state index in [1.54, 1.807) is 35.0 Å². The molecule has 1 fully saturated rings. The van der Waals surface area contributed by atoms with E-state index in [-0.39, 0.29) is 18.2 Å². The molecule has 6 heteroatoms. The summed E-state index contributed by atoms with van der Waals surface area (Å²) in [5.74, 6) is -0.587. The summed E-state index contributed by atoms with van der Waals surface area (Å²) in [5, 5.41) is 0.909. The lowest BCUT2D eigenvalue weighted by molar-refractivity contribution is -0.124. The summed E-state index contributed by atoms with van der Waals surface area (Å²) in [6.07, 6.45) is 0.176. The minimum absolute atomic E-state index is 0.0814. The van der Waals surface area contributed by atoms with Crippen molar-refractivity contribution in [3.63, 3.8) is 0 Å². The number of carbonyl (C=O) groups is 2. The Bertz CT molecular complexity index is 780. The SMILES string of the molecule is CN(C(=O)C1CC(=O)N(c2ccc(Cl)cc2Cl)C1)c1ccccc1. The average Bonchev–Trinajstić information content (AvgIpc) is 2.96. The molecule has 0 aromatic heterocycles. The van der Waals surface area contributed by atoms with Crippen LogP contribution in [-0.2, 0) is 9.59 Å². The van der Waals surface area contributed by atoms with Crippen LogP contribution in [-0.4, -0.2) is 25.4 Å². The maximum Gasteiger partial charge on any atom is 0.232 e. The van der Waals surface area contributed by atoms with Crippen LogP contribution in [0.3, 0.4) is 0 Å². The van der Waals surface area contributed by atoms with Gasteiger partial charge in [-0.25, -0.2) is 0 Å². The van der Waals surface area contributed by atoms with Crippen LogP contribution < -0.4 is 9.80 Å². The molecule has 1 atom stereocenters. The van der Waals surface area contributed by atoms with Crippen LogP contribution in [0.1, 0.15) is 6.42 Å². The van der Waals surface area contributed by atoms with Gasteiger partial charge >= 0.3 is 0 Å². The van der Waals surface area contributed by atoms with E-state index in [0.717, 1.165) is 5.69 Å². The Labute approximate surface area is 150 Å². The summed E-state index contributed by atoms with van der Waals surface area (Å²) < 4.78 is 0. The lowest BCUT2D eigenvalue weighted by Gasteiger charge is -2.22. The molecule has 1 unspecified atom stereocenters. The average molecular weight is 363 g/mol. The molecule has 0 spiro atoms. The van der Waals surface area contributed by atoms with Gasteiger partial charge in [-0.15, -0.1) is 0 Å². The number of halogens is 2. The van der Waals surface area contributed by atoms with Crippen molar-refractivity contribution in [3.05, 3.63) is 58.6 Å². The van der Waals surface area contributed by atoms with Gasteiger partial charge in [0, 0.05) is 30.7 Å². The van der Waals surface area contributed by atoms with Crippen molar-refractivity contribution < 1.29 is 9.59 Å². The highest BCUT2D eigenvalue weighted by molar-refractivity contribution is 6.36. The zero-order valence-electron chi connectivity index (χ0n) is 13.1. The molecule has 4 nitrogen and oxygen atoms in total. The zero-order valence-corrected chi connectivity index (χ0v) is 14.6. The Kier molecular flexibility index (Phi) is 4.78. The minimum atomic E-state index is -0.394. The fraction of sp³-hybridized carbons (Fsp3) is 0.222. The van der Waals surface area contributed by atoms with Gasteiger partial charge in [0.2, 0.25) is 11.8 Å². The Hall–Kier alpha value is -2.04. The first-order valence-corrected chi connectivity index (χ1v) is 8.31. The number of amides is 2. The summed E-state index contributed by atoms with van der Waals surface area (Å²) in [4.78, 5) is 28.2. The third-order valence-corrected chi connectivity index (χ3v) is 4.69. The fourth-order valence-corrected chi connectivity index (χ4v) is 3.37. The van der Waals surface area contributed by atoms with E-state index in [0.29, 0.717) is 22.3 Å². The predicted molar refractivity (Wildman–Crippen MR) is 96.8 cm³/mol. The molecule has 124 valence electrons. The van der Waals surface area contributed by atoms with Gasteiger partial charge in [-0.05, 0) is 30.3 Å². The van der Waals surface area contributed by atoms with Crippen LogP contribution in [0.25, 0.3) is 0 Å². The highest BCUT2D eigenvalue weighted by Crippen LogP contribution is 2.33. The maximum absolute atomic E-state index is 12.7. The molecule has 2 amide bonds. The maximum atomic E-state index is 12.7. The van der Waals surface area contributed by atoms with Crippen LogP contribution in [0, 0.1) is 5.92 Å². The summed E-state index contributed by atoms with van der Waals surface area (Å²) in [7, 11) is 1.72. The number of anilines is 2. The number of para-hydroxylation sites is 1. The molecule has 1 aliphatic rings. The van der Waals surface area contributed by atoms with Crippen molar-refractivity contribution in [1.82, 2.24) is 0 Å². The number of nitrogens with zero attached hydrogens (tertiary/aromatic N) is 2. The van der Waals surface area contributed by atoms with Gasteiger partial charge in [0.25, 0.3) is 0 Å². The molecule has 2 aromatic carbocycles. The Balaban J connectivity index is 1.78. The molecule has 0 saturated carbocycles. The van der Waals surface area contributed by atoms with E-state index < -0.39 is 5.92 Å². The lowest BCUT2D eigenvalue weighted by atomic mass is 10.1. The van der Waals surface area contributed by atoms with E-state index in [1.807, 2.05) is 30.3 Å². The van der Waals surface area contributed by atoms with Crippen molar-refractivity contribution in [3.8, 4) is 0 Å². The molecule has 0 radical (unpaired) electrons. The van der Waals surface area contributed by atoms with Crippen LogP contribution in [0.2, 0.25) is 10.0 Å². The van der Waals surface area contributed by atoms with Crippen molar-refractivity contribution in [1.29, 1.82) is 0 Å². The quantitative estimate of drug-likeness (QED) is 0.827. The van der Waals surface area contributed by atoms with E-state index in [2.05, 4.69) is 0 Å². The standard InChI is InChI=1S/C18H16Cl2N2O2/c1-21(14-5-3-2-4-6-14)18(24)12-9-17(23)22(11-12)16-8-7-13(19)10-15(16)20/h2-8,10,12H,9,11H2,1H3. The lowest BCUT2D eigenvalue weighted by Crippen LogP contribution is -2.34. The summed E-state index contributed by atoms with van der Waals surface area (Å²) in [5.41, 5.74) is 1.39. The van der Waals surface area contributed by atoms with Gasteiger partial charge < -0.3 is 9.80 Å². The molecule has 2 aromatic rings. The molecule has 1 aliphatic heterocycles. The van der Waals surface area contributed by atoms with E-state index in [9.17, 15) is 9.59 Å². The second kappa shape index (κ2) is 6.83. The van der Waals surface area contributed by atoms with Gasteiger partial charge in [-0.1, -0.05) is 41.4 Å². The van der Waals surface area contributed by atoms with Crippen molar-refractivity contribution in [2.75, 3.05) is 23.4 Å². The Morgan fingerprint density at radius 2 is 1.88 bits per heavy atom. The number of rotatable bonds is 3. The van der Waals surface area contributed by atoms with Gasteiger partial charge in [0.05, 0.1) is 16.6 Å². The van der Waals surface area contributed by atoms with E-state index >= 15 is 0 Å². The second-order valence-corrected chi connectivity index (χ2v) is 6.58. The molecular weight excluding hydrogens is 347 g/mol. The van der Waals surface area contributed by atoms with E-state index in [4.69, 9.17) is 23.2 Å². The molecule has 24 heavy (non-hydrogen) atoms. The molecule has 1 saturated heterocycles. The number of hydrogen-bond donors (Lipinski definition) is 0. The summed E-state index contributed by atoms with van der Waals surface area (Å²) >= 11 is 12.1. The van der Waals surface area contributed by atoms with Gasteiger partial charge in [-0.2, -0.15) is 0 Å². The second-order valence-electron chi connectivity index (χ2n) is 5.73. The van der Waals surface area contributed by atoms with Crippen molar-refractivity contribution in [2.24, 2.45) is 5.92 Å². The molecule has 0 aliphatic carbocycles. The first-order chi connectivity index (χ1) is 11.5. The van der Waals surface area contributed by atoms with E-state index in [1.165, 1.54) is 0 Å². The topological polar surface area (TPSA) is 40.6 Å². The molecule has 1 heterocycles.